The van der Waals surface area contributed by atoms with Gasteiger partial charge in [0.1, 0.15) is 11.4 Å². The third kappa shape index (κ3) is 2.94. The number of nitrogen functional groups attached to an aromatic ring is 1. The van der Waals surface area contributed by atoms with Crippen molar-refractivity contribution in [3.8, 4) is 0 Å². The highest BCUT2D eigenvalue weighted by Crippen LogP contribution is 2.21. The van der Waals surface area contributed by atoms with E-state index in [4.69, 9.17) is 10.5 Å². The molecule has 1 aromatic rings. The molecule has 6 nitrogen and oxygen atoms in total. The fourth-order valence-electron chi connectivity index (χ4n) is 2.35. The van der Waals surface area contributed by atoms with Gasteiger partial charge in [-0.2, -0.15) is 4.98 Å². The highest BCUT2D eigenvalue weighted by molar-refractivity contribution is 5.95. The molecule has 0 unspecified atom stereocenters. The summed E-state index contributed by atoms with van der Waals surface area (Å²) in [4.78, 5) is 22.4. The first kappa shape index (κ1) is 13.6. The highest BCUT2D eigenvalue weighted by Gasteiger charge is 2.20. The molecule has 1 aromatic heterocycles. The fourth-order valence-corrected chi connectivity index (χ4v) is 2.35. The van der Waals surface area contributed by atoms with E-state index in [1.165, 1.54) is 20.0 Å². The van der Waals surface area contributed by atoms with Gasteiger partial charge >= 0.3 is 5.97 Å². The zero-order valence-electron chi connectivity index (χ0n) is 11.5. The predicted octanol–water partition coefficient (Wildman–Crippen LogP) is 1.53. The molecule has 1 aliphatic rings. The Morgan fingerprint density at radius 1 is 1.21 bits per heavy atom. The third-order valence-corrected chi connectivity index (χ3v) is 3.38. The lowest BCUT2D eigenvalue weighted by Crippen LogP contribution is -2.27. The van der Waals surface area contributed by atoms with Gasteiger partial charge in [0.05, 0.1) is 12.8 Å². The largest absolute Gasteiger partial charge is 0.465 e. The van der Waals surface area contributed by atoms with E-state index in [1.807, 2.05) is 0 Å². The van der Waals surface area contributed by atoms with Crippen LogP contribution in [0, 0.1) is 6.92 Å². The topological polar surface area (TPSA) is 81.3 Å². The summed E-state index contributed by atoms with van der Waals surface area (Å²) in [5.74, 6) is 0.320. The molecule has 2 rings (SSSR count). The normalized spacial score (nSPS) is 16.0. The Kier molecular flexibility index (Phi) is 4.19. The number of carbonyl (C=O) groups excluding carboxylic acids is 1. The second kappa shape index (κ2) is 5.86. The van der Waals surface area contributed by atoms with Crippen LogP contribution in [0.3, 0.4) is 0 Å². The molecule has 2 heterocycles. The van der Waals surface area contributed by atoms with Gasteiger partial charge in [-0.3, -0.25) is 0 Å². The molecule has 19 heavy (non-hydrogen) atoms. The summed E-state index contributed by atoms with van der Waals surface area (Å²) in [5.41, 5.74) is 6.70. The number of ether oxygens (including phenoxy) is 1. The van der Waals surface area contributed by atoms with Gasteiger partial charge in [0.2, 0.25) is 5.95 Å². The van der Waals surface area contributed by atoms with Crippen molar-refractivity contribution in [3.63, 3.8) is 0 Å². The van der Waals surface area contributed by atoms with Gasteiger partial charge in [-0.15, -0.1) is 0 Å². The number of nitrogens with zero attached hydrogens (tertiary/aromatic N) is 3. The summed E-state index contributed by atoms with van der Waals surface area (Å²) in [5, 5.41) is 0. The van der Waals surface area contributed by atoms with Crippen LogP contribution in [0.15, 0.2) is 0 Å². The van der Waals surface area contributed by atoms with Crippen LogP contribution in [0.2, 0.25) is 0 Å². The smallest absolute Gasteiger partial charge is 0.343 e. The summed E-state index contributed by atoms with van der Waals surface area (Å²) in [6.45, 7) is 3.64. The van der Waals surface area contributed by atoms with Gasteiger partial charge in [-0.1, -0.05) is 12.8 Å². The van der Waals surface area contributed by atoms with Gasteiger partial charge in [0.15, 0.2) is 0 Å². The lowest BCUT2D eigenvalue weighted by molar-refractivity contribution is 0.0600. The first-order valence-electron chi connectivity index (χ1n) is 6.61. The fraction of sp³-hybridized carbons (Fsp3) is 0.615. The number of aromatic nitrogens is 2. The van der Waals surface area contributed by atoms with Crippen molar-refractivity contribution < 1.29 is 9.53 Å². The molecule has 0 atom stereocenters. The molecule has 0 spiro atoms. The number of carbonyl (C=O) groups is 1. The molecule has 1 saturated heterocycles. The van der Waals surface area contributed by atoms with E-state index >= 15 is 0 Å². The number of aryl methyl sites for hydroxylation is 1. The van der Waals surface area contributed by atoms with Crippen molar-refractivity contribution in [3.05, 3.63) is 11.3 Å². The minimum Gasteiger partial charge on any atom is -0.465 e. The van der Waals surface area contributed by atoms with E-state index in [-0.39, 0.29) is 11.4 Å². The van der Waals surface area contributed by atoms with Crippen LogP contribution in [-0.4, -0.2) is 36.1 Å². The van der Waals surface area contributed by atoms with Crippen molar-refractivity contribution in [1.29, 1.82) is 0 Å². The molecule has 1 fully saturated rings. The van der Waals surface area contributed by atoms with Crippen LogP contribution >= 0.6 is 0 Å². The number of rotatable bonds is 2. The van der Waals surface area contributed by atoms with E-state index in [2.05, 4.69) is 14.9 Å². The lowest BCUT2D eigenvalue weighted by Gasteiger charge is -2.21. The Labute approximate surface area is 113 Å². The van der Waals surface area contributed by atoms with Crippen LogP contribution in [0.4, 0.5) is 11.8 Å². The van der Waals surface area contributed by atoms with Crippen LogP contribution in [-0.2, 0) is 4.74 Å². The first-order valence-corrected chi connectivity index (χ1v) is 6.61. The molecule has 0 saturated carbocycles. The van der Waals surface area contributed by atoms with Crippen molar-refractivity contribution in [2.24, 2.45) is 0 Å². The van der Waals surface area contributed by atoms with E-state index in [0.717, 1.165) is 25.9 Å². The minimum absolute atomic E-state index is 0.193. The van der Waals surface area contributed by atoms with Gasteiger partial charge in [0.25, 0.3) is 0 Å². The number of hydrogen-bond donors (Lipinski definition) is 1. The molecular weight excluding hydrogens is 244 g/mol. The summed E-state index contributed by atoms with van der Waals surface area (Å²) in [6.07, 6.45) is 4.76. The molecule has 0 aromatic carbocycles. The van der Waals surface area contributed by atoms with E-state index in [9.17, 15) is 4.79 Å². The Morgan fingerprint density at radius 2 is 1.84 bits per heavy atom. The van der Waals surface area contributed by atoms with Gasteiger partial charge in [0, 0.05) is 13.1 Å². The van der Waals surface area contributed by atoms with E-state index < -0.39 is 5.97 Å². The highest BCUT2D eigenvalue weighted by atomic mass is 16.5. The third-order valence-electron chi connectivity index (χ3n) is 3.38. The zero-order valence-corrected chi connectivity index (χ0v) is 11.5. The maximum atomic E-state index is 11.6. The molecule has 0 aliphatic carbocycles. The summed E-state index contributed by atoms with van der Waals surface area (Å²) in [6, 6.07) is 0. The monoisotopic (exact) mass is 264 g/mol. The molecular formula is C13H20N4O2. The molecule has 104 valence electrons. The minimum atomic E-state index is -0.489. The first-order chi connectivity index (χ1) is 9.13. The quantitative estimate of drug-likeness (QED) is 0.816. The second-order valence-corrected chi connectivity index (χ2v) is 4.76. The maximum Gasteiger partial charge on any atom is 0.343 e. The molecule has 0 amide bonds. The second-order valence-electron chi connectivity index (χ2n) is 4.76. The average Bonchev–Trinajstić information content (AvgIpc) is 2.66. The maximum absolute atomic E-state index is 11.6. The Bertz CT molecular complexity index is 445. The van der Waals surface area contributed by atoms with Crippen molar-refractivity contribution in [2.45, 2.75) is 32.6 Å². The van der Waals surface area contributed by atoms with Gasteiger partial charge in [-0.25, -0.2) is 9.78 Å². The number of anilines is 2. The zero-order chi connectivity index (χ0) is 13.8. The number of esters is 1. The molecule has 0 bridgehead atoms. The van der Waals surface area contributed by atoms with Crippen LogP contribution in [0.1, 0.15) is 41.7 Å². The van der Waals surface area contributed by atoms with Gasteiger partial charge in [-0.05, 0) is 19.8 Å². The Balaban J connectivity index is 2.30. The summed E-state index contributed by atoms with van der Waals surface area (Å²) in [7, 11) is 1.32. The summed E-state index contributed by atoms with van der Waals surface area (Å²) >= 11 is 0. The Hall–Kier alpha value is -1.85. The van der Waals surface area contributed by atoms with Crippen molar-refractivity contribution >= 4 is 17.7 Å². The van der Waals surface area contributed by atoms with E-state index in [0.29, 0.717) is 11.6 Å². The number of hydrogen-bond acceptors (Lipinski definition) is 6. The molecule has 1 aliphatic heterocycles. The Morgan fingerprint density at radius 3 is 2.37 bits per heavy atom. The van der Waals surface area contributed by atoms with E-state index in [1.54, 1.807) is 6.92 Å². The van der Waals surface area contributed by atoms with Crippen LogP contribution in [0.5, 0.6) is 0 Å². The standard InChI is InChI=1S/C13H20N4O2/c1-9-10(12(18)19-2)11(14)16-13(15-9)17-7-5-3-4-6-8-17/h3-8H2,1-2H3,(H2,14,15,16). The predicted molar refractivity (Wildman–Crippen MR) is 73.2 cm³/mol. The number of nitrogens with two attached hydrogens (primary N) is 1. The van der Waals surface area contributed by atoms with Crippen molar-refractivity contribution in [1.82, 2.24) is 9.97 Å². The summed E-state index contributed by atoms with van der Waals surface area (Å²) < 4.78 is 4.69. The average molecular weight is 264 g/mol. The van der Waals surface area contributed by atoms with Crippen LogP contribution < -0.4 is 10.6 Å². The molecule has 2 N–H and O–H groups in total. The SMILES string of the molecule is COC(=O)c1c(C)nc(N2CCCCCC2)nc1N. The van der Waals surface area contributed by atoms with Gasteiger partial charge < -0.3 is 15.4 Å². The van der Waals surface area contributed by atoms with Crippen molar-refractivity contribution in [2.75, 3.05) is 30.8 Å². The number of methoxy groups -OCH3 is 1. The molecule has 6 heteroatoms. The molecule has 0 radical (unpaired) electrons. The van der Waals surface area contributed by atoms with Crippen LogP contribution in [0.25, 0.3) is 0 Å². The lowest BCUT2D eigenvalue weighted by atomic mass is 10.2.